The van der Waals surface area contributed by atoms with E-state index >= 15 is 0 Å². The van der Waals surface area contributed by atoms with Crippen LogP contribution in [0.25, 0.3) is 16.9 Å². The molecule has 0 spiro atoms. The first kappa shape index (κ1) is 21.7. The standard InChI is InChI=1S/C21H21F3N5O3/c1-32-29(31)15-8-6-14(7-9-15)16-12-18(21(22,23)24)28-19(25-16)13-17(26-28)20(30)27-10-4-2-3-5-11-27/h6-9,12-13H,2-5,10-11H2,1H3/q+1. The van der Waals surface area contributed by atoms with Gasteiger partial charge in [-0.25, -0.2) is 14.3 Å². The molecule has 1 fully saturated rings. The largest absolute Gasteiger partial charge is 0.433 e. The van der Waals surface area contributed by atoms with Gasteiger partial charge in [-0.15, -0.1) is 0 Å². The summed E-state index contributed by atoms with van der Waals surface area (Å²) in [5.41, 5.74) is -0.603. The van der Waals surface area contributed by atoms with Crippen LogP contribution in [-0.2, 0) is 11.0 Å². The SMILES string of the molecule is CO[N+](=O)c1ccc(-c2cc(C(F)(F)F)n3nc(C(=O)N4CCCCCC4)cc3n2)cc1. The smallest absolute Gasteiger partial charge is 0.337 e. The van der Waals surface area contributed by atoms with Gasteiger partial charge < -0.3 is 4.90 Å². The van der Waals surface area contributed by atoms with Crippen molar-refractivity contribution >= 4 is 17.2 Å². The van der Waals surface area contributed by atoms with E-state index in [0.717, 1.165) is 31.7 Å². The van der Waals surface area contributed by atoms with Crippen LogP contribution in [0.3, 0.4) is 0 Å². The summed E-state index contributed by atoms with van der Waals surface area (Å²) in [6, 6.07) is 7.92. The number of rotatable bonds is 4. The van der Waals surface area contributed by atoms with E-state index in [-0.39, 0.29) is 27.6 Å². The van der Waals surface area contributed by atoms with E-state index in [1.165, 1.54) is 37.4 Å². The summed E-state index contributed by atoms with van der Waals surface area (Å²) in [5, 5.41) is 3.95. The van der Waals surface area contributed by atoms with Crippen molar-refractivity contribution in [3.05, 3.63) is 52.7 Å². The summed E-state index contributed by atoms with van der Waals surface area (Å²) < 4.78 is 42.1. The number of halogens is 3. The third-order valence-corrected chi connectivity index (χ3v) is 5.37. The Morgan fingerprint density at radius 2 is 1.72 bits per heavy atom. The van der Waals surface area contributed by atoms with E-state index in [1.807, 2.05) is 0 Å². The van der Waals surface area contributed by atoms with Gasteiger partial charge >= 0.3 is 11.9 Å². The second-order valence-electron chi connectivity index (χ2n) is 7.52. The predicted octanol–water partition coefficient (Wildman–Crippen LogP) is 4.40. The Morgan fingerprint density at radius 1 is 1.06 bits per heavy atom. The molecule has 3 heterocycles. The van der Waals surface area contributed by atoms with Gasteiger partial charge in [-0.2, -0.15) is 18.3 Å². The number of alkyl halides is 3. The maximum Gasteiger partial charge on any atom is 0.433 e. The van der Waals surface area contributed by atoms with Crippen molar-refractivity contribution in [1.29, 1.82) is 0 Å². The monoisotopic (exact) mass is 448 g/mol. The van der Waals surface area contributed by atoms with Crippen molar-refractivity contribution in [3.8, 4) is 11.3 Å². The lowest BCUT2D eigenvalue weighted by Crippen LogP contribution is -2.32. The van der Waals surface area contributed by atoms with Gasteiger partial charge in [0.1, 0.15) is 0 Å². The lowest BCUT2D eigenvalue weighted by molar-refractivity contribution is -0.736. The average molecular weight is 448 g/mol. The summed E-state index contributed by atoms with van der Waals surface area (Å²) in [6.07, 6.45) is -0.965. The van der Waals surface area contributed by atoms with Crippen LogP contribution in [0.2, 0.25) is 0 Å². The predicted molar refractivity (Wildman–Crippen MR) is 108 cm³/mol. The van der Waals surface area contributed by atoms with Crippen molar-refractivity contribution in [3.63, 3.8) is 0 Å². The molecular formula is C21H21F3N5O3+. The zero-order valence-corrected chi connectivity index (χ0v) is 17.3. The molecule has 8 nitrogen and oxygen atoms in total. The first-order chi connectivity index (χ1) is 15.3. The molecule has 0 saturated carbocycles. The average Bonchev–Trinajstić information content (AvgIpc) is 3.02. The number of benzene rings is 1. The molecule has 4 rings (SSSR count). The Balaban J connectivity index is 1.76. The van der Waals surface area contributed by atoms with Gasteiger partial charge in [0.2, 0.25) is 0 Å². The topological polar surface area (TPSA) is 79.8 Å². The number of likely N-dealkylation sites (tertiary alicyclic amines) is 1. The van der Waals surface area contributed by atoms with Gasteiger partial charge in [0.05, 0.1) is 10.6 Å². The highest BCUT2D eigenvalue weighted by molar-refractivity contribution is 5.93. The van der Waals surface area contributed by atoms with Gasteiger partial charge in [0.25, 0.3) is 10.8 Å². The summed E-state index contributed by atoms with van der Waals surface area (Å²) in [5.74, 6) is -0.397. The number of hydrogen-bond donors (Lipinski definition) is 0. The number of aromatic nitrogens is 3. The Labute approximate surface area is 181 Å². The number of hydrogen-bond acceptors (Lipinski definition) is 5. The first-order valence-corrected chi connectivity index (χ1v) is 10.2. The highest BCUT2D eigenvalue weighted by Crippen LogP contribution is 2.33. The van der Waals surface area contributed by atoms with E-state index in [1.54, 1.807) is 4.90 Å². The number of nitrogens with zero attached hydrogens (tertiary/aromatic N) is 5. The number of carbonyl (C=O) groups is 1. The second kappa shape index (κ2) is 8.56. The zero-order valence-electron chi connectivity index (χ0n) is 17.3. The molecule has 11 heteroatoms. The molecule has 0 radical (unpaired) electrons. The van der Waals surface area contributed by atoms with Gasteiger partial charge in [-0.3, -0.25) is 4.79 Å². The highest BCUT2D eigenvalue weighted by atomic mass is 19.4. The fraction of sp³-hybridized carbons (Fsp3) is 0.381. The molecule has 0 unspecified atom stereocenters. The molecule has 1 aliphatic heterocycles. The molecule has 1 saturated heterocycles. The molecule has 32 heavy (non-hydrogen) atoms. The normalized spacial score (nSPS) is 14.9. The maximum absolute atomic E-state index is 13.8. The maximum atomic E-state index is 13.8. The van der Waals surface area contributed by atoms with Crippen LogP contribution in [-0.4, -0.2) is 50.5 Å². The van der Waals surface area contributed by atoms with Gasteiger partial charge in [-0.1, -0.05) is 12.8 Å². The van der Waals surface area contributed by atoms with Crippen molar-refractivity contribution < 1.29 is 27.7 Å². The third kappa shape index (κ3) is 4.27. The van der Waals surface area contributed by atoms with Crippen LogP contribution >= 0.6 is 0 Å². The molecule has 1 amide bonds. The minimum atomic E-state index is -4.72. The highest BCUT2D eigenvalue weighted by Gasteiger charge is 2.36. The summed E-state index contributed by atoms with van der Waals surface area (Å²) in [4.78, 5) is 35.1. The number of fused-ring (bicyclic) bond motifs is 1. The molecule has 0 N–H and O–H groups in total. The van der Waals surface area contributed by atoms with Crippen LogP contribution in [0, 0.1) is 4.91 Å². The van der Waals surface area contributed by atoms with Gasteiger partial charge in [-0.05, 0) is 31.0 Å². The van der Waals surface area contributed by atoms with Crippen LogP contribution in [0.5, 0.6) is 0 Å². The fourth-order valence-corrected chi connectivity index (χ4v) is 3.72. The van der Waals surface area contributed by atoms with Crippen LogP contribution < -0.4 is 0 Å². The number of carbonyl (C=O) groups excluding carboxylic acids is 1. The molecule has 1 aliphatic rings. The molecule has 1 aromatic carbocycles. The Morgan fingerprint density at radius 3 is 2.31 bits per heavy atom. The molecular weight excluding hydrogens is 427 g/mol. The Kier molecular flexibility index (Phi) is 5.81. The van der Waals surface area contributed by atoms with E-state index < -0.39 is 17.8 Å². The Bertz CT molecular complexity index is 1150. The first-order valence-electron chi connectivity index (χ1n) is 10.2. The molecule has 0 bridgehead atoms. The van der Waals surface area contributed by atoms with E-state index in [0.29, 0.717) is 23.2 Å². The lowest BCUT2D eigenvalue weighted by atomic mass is 10.1. The minimum absolute atomic E-state index is 0.0416. The van der Waals surface area contributed by atoms with Crippen molar-refractivity contribution in [1.82, 2.24) is 19.5 Å². The lowest BCUT2D eigenvalue weighted by Gasteiger charge is -2.18. The van der Waals surface area contributed by atoms with Crippen LogP contribution in [0.4, 0.5) is 18.9 Å². The van der Waals surface area contributed by atoms with Crippen LogP contribution in [0.1, 0.15) is 41.9 Å². The van der Waals surface area contributed by atoms with Crippen LogP contribution in [0.15, 0.2) is 36.4 Å². The molecule has 2 aromatic heterocycles. The molecule has 3 aromatic rings. The third-order valence-electron chi connectivity index (χ3n) is 5.37. The summed E-state index contributed by atoms with van der Waals surface area (Å²) in [6.45, 7) is 1.12. The van der Waals surface area contributed by atoms with Crippen molar-refractivity contribution in [2.24, 2.45) is 0 Å². The Hall–Kier alpha value is -3.50. The van der Waals surface area contributed by atoms with E-state index in [9.17, 15) is 22.9 Å². The fourth-order valence-electron chi connectivity index (χ4n) is 3.72. The van der Waals surface area contributed by atoms with Crippen molar-refractivity contribution in [2.75, 3.05) is 20.2 Å². The van der Waals surface area contributed by atoms with E-state index in [4.69, 9.17) is 0 Å². The second-order valence-corrected chi connectivity index (χ2v) is 7.52. The van der Waals surface area contributed by atoms with Crippen molar-refractivity contribution in [2.45, 2.75) is 31.9 Å². The van der Waals surface area contributed by atoms with Gasteiger partial charge in [0.15, 0.2) is 24.1 Å². The zero-order chi connectivity index (χ0) is 22.9. The molecule has 0 atom stereocenters. The molecule has 168 valence electrons. The van der Waals surface area contributed by atoms with E-state index in [2.05, 4.69) is 14.9 Å². The quantitative estimate of drug-likeness (QED) is 0.553. The summed E-state index contributed by atoms with van der Waals surface area (Å²) >= 11 is 0. The number of amides is 1. The molecule has 0 aliphatic carbocycles. The van der Waals surface area contributed by atoms with Gasteiger partial charge in [0, 0.05) is 36.9 Å². The summed E-state index contributed by atoms with van der Waals surface area (Å²) in [7, 11) is 1.20. The minimum Gasteiger partial charge on any atom is -0.337 e.